The fraction of sp³-hybridized carbons (Fsp3) is 0.409. The lowest BCUT2D eigenvalue weighted by Gasteiger charge is -2.30. The number of carbonyl (C=O) groups is 1. The number of furan rings is 1. The zero-order valence-corrected chi connectivity index (χ0v) is 16.9. The molecule has 28 heavy (non-hydrogen) atoms. The van der Waals surface area contributed by atoms with Gasteiger partial charge in [0.15, 0.2) is 5.76 Å². The van der Waals surface area contributed by atoms with Crippen LogP contribution in [0, 0.1) is 12.7 Å². The molecule has 3 aromatic rings. The largest absolute Gasteiger partial charge is 0.451 e. The minimum absolute atomic E-state index is 0.171. The van der Waals surface area contributed by atoms with Gasteiger partial charge in [-0.15, -0.1) is 11.3 Å². The number of hydrogen-bond acceptors (Lipinski definition) is 4. The third-order valence-electron chi connectivity index (χ3n) is 5.51. The number of halogens is 1. The van der Waals surface area contributed by atoms with Gasteiger partial charge in [0.25, 0.3) is 5.91 Å². The summed E-state index contributed by atoms with van der Waals surface area (Å²) in [6, 6.07) is 8.70. The van der Waals surface area contributed by atoms with Crippen LogP contribution in [0.15, 0.2) is 40.1 Å². The monoisotopic (exact) mass is 400 g/mol. The lowest BCUT2D eigenvalue weighted by molar-refractivity contribution is 0.0907. The number of benzene rings is 1. The van der Waals surface area contributed by atoms with E-state index in [1.165, 1.54) is 42.7 Å². The fourth-order valence-electron chi connectivity index (χ4n) is 3.98. The van der Waals surface area contributed by atoms with Gasteiger partial charge in [-0.2, -0.15) is 0 Å². The second-order valence-electron chi connectivity index (χ2n) is 7.39. The van der Waals surface area contributed by atoms with E-state index in [1.54, 1.807) is 24.3 Å². The molecule has 2 aromatic heterocycles. The molecule has 0 spiro atoms. The van der Waals surface area contributed by atoms with Crippen molar-refractivity contribution in [3.8, 4) is 0 Å². The van der Waals surface area contributed by atoms with E-state index in [0.29, 0.717) is 23.1 Å². The number of hydrogen-bond donors (Lipinski definition) is 1. The number of rotatable bonds is 5. The summed E-state index contributed by atoms with van der Waals surface area (Å²) in [5.74, 6) is -0.311. The van der Waals surface area contributed by atoms with Crippen molar-refractivity contribution in [1.29, 1.82) is 0 Å². The second-order valence-corrected chi connectivity index (χ2v) is 8.37. The van der Waals surface area contributed by atoms with Gasteiger partial charge in [-0.3, -0.25) is 9.69 Å². The highest BCUT2D eigenvalue weighted by atomic mass is 32.1. The van der Waals surface area contributed by atoms with Crippen molar-refractivity contribution in [2.45, 2.75) is 38.6 Å². The Bertz CT molecular complexity index is 943. The molecule has 0 bridgehead atoms. The first kappa shape index (κ1) is 19.2. The molecule has 1 N–H and O–H groups in total. The highest BCUT2D eigenvalue weighted by Gasteiger charge is 2.25. The first-order valence-corrected chi connectivity index (χ1v) is 10.8. The van der Waals surface area contributed by atoms with Crippen molar-refractivity contribution in [2.75, 3.05) is 19.6 Å². The Morgan fingerprint density at radius 1 is 1.25 bits per heavy atom. The van der Waals surface area contributed by atoms with Gasteiger partial charge in [-0.1, -0.05) is 18.9 Å². The number of amides is 1. The maximum atomic E-state index is 13.5. The molecule has 1 amide bonds. The van der Waals surface area contributed by atoms with Crippen LogP contribution in [-0.4, -0.2) is 30.4 Å². The van der Waals surface area contributed by atoms with E-state index in [2.05, 4.69) is 27.7 Å². The average Bonchev–Trinajstić information content (AvgIpc) is 3.23. The summed E-state index contributed by atoms with van der Waals surface area (Å²) in [7, 11) is 0. The number of likely N-dealkylation sites (tertiary alicyclic amines) is 1. The normalized spacial score (nSPS) is 16.8. The molecule has 0 saturated carbocycles. The van der Waals surface area contributed by atoms with Gasteiger partial charge in [0.1, 0.15) is 11.4 Å². The Balaban J connectivity index is 1.52. The second kappa shape index (κ2) is 8.45. The molecule has 1 aliphatic heterocycles. The first-order valence-electron chi connectivity index (χ1n) is 9.88. The summed E-state index contributed by atoms with van der Waals surface area (Å²) in [5.41, 5.74) is 1.21. The van der Waals surface area contributed by atoms with E-state index < -0.39 is 0 Å². The Labute approximate surface area is 168 Å². The van der Waals surface area contributed by atoms with Gasteiger partial charge in [0.05, 0.1) is 6.04 Å². The number of nitrogens with zero attached hydrogens (tertiary/aromatic N) is 1. The predicted octanol–water partition coefficient (Wildman–Crippen LogP) is 5.29. The highest BCUT2D eigenvalue weighted by Crippen LogP contribution is 2.28. The topological polar surface area (TPSA) is 45.5 Å². The number of thiophene rings is 1. The number of carbonyl (C=O) groups excluding carboxylic acids is 1. The molecular formula is C22H25FN2O2S. The number of nitrogens with one attached hydrogen (secondary N) is 1. The van der Waals surface area contributed by atoms with E-state index in [0.717, 1.165) is 13.1 Å². The molecule has 1 aromatic carbocycles. The Kier molecular flexibility index (Phi) is 5.78. The molecule has 1 atom stereocenters. The molecule has 4 rings (SSSR count). The summed E-state index contributed by atoms with van der Waals surface area (Å²) in [6.45, 7) is 4.44. The van der Waals surface area contributed by atoms with Crippen molar-refractivity contribution in [3.63, 3.8) is 0 Å². The van der Waals surface area contributed by atoms with Gasteiger partial charge in [0, 0.05) is 22.4 Å². The van der Waals surface area contributed by atoms with Crippen molar-refractivity contribution in [1.82, 2.24) is 10.2 Å². The molecular weight excluding hydrogens is 375 g/mol. The molecule has 1 aliphatic rings. The van der Waals surface area contributed by atoms with Gasteiger partial charge in [0.2, 0.25) is 0 Å². The van der Waals surface area contributed by atoms with E-state index in [9.17, 15) is 9.18 Å². The van der Waals surface area contributed by atoms with Crippen LogP contribution in [0.5, 0.6) is 0 Å². The summed E-state index contributed by atoms with van der Waals surface area (Å²) in [6.07, 6.45) is 4.94. The molecule has 6 heteroatoms. The van der Waals surface area contributed by atoms with Crippen LogP contribution in [0.1, 0.15) is 52.7 Å². The van der Waals surface area contributed by atoms with Crippen molar-refractivity contribution < 1.29 is 13.6 Å². The highest BCUT2D eigenvalue weighted by molar-refractivity contribution is 7.10. The van der Waals surface area contributed by atoms with E-state index in [-0.39, 0.29) is 23.5 Å². The van der Waals surface area contributed by atoms with Gasteiger partial charge >= 0.3 is 0 Å². The van der Waals surface area contributed by atoms with Crippen LogP contribution in [0.25, 0.3) is 11.0 Å². The zero-order chi connectivity index (χ0) is 19.5. The molecule has 1 saturated heterocycles. The van der Waals surface area contributed by atoms with Gasteiger partial charge < -0.3 is 9.73 Å². The molecule has 0 radical (unpaired) electrons. The minimum Gasteiger partial charge on any atom is -0.451 e. The summed E-state index contributed by atoms with van der Waals surface area (Å²) in [4.78, 5) is 16.6. The van der Waals surface area contributed by atoms with Crippen molar-refractivity contribution in [3.05, 3.63) is 57.7 Å². The third kappa shape index (κ3) is 3.98. The molecule has 3 heterocycles. The Morgan fingerprint density at radius 3 is 2.75 bits per heavy atom. The SMILES string of the molecule is Cc1c(C(=O)NC[C@@H](c2cccs2)N2CCCCCC2)oc2ccc(F)cc12. The fourth-order valence-corrected chi connectivity index (χ4v) is 4.84. The standard InChI is InChI=1S/C22H25FN2O2S/c1-15-17-13-16(23)8-9-19(17)27-21(15)22(26)24-14-18(20-7-6-12-28-20)25-10-4-2-3-5-11-25/h6-9,12-13,18H,2-5,10-11,14H2,1H3,(H,24,26)/t18-/m0/s1. The predicted molar refractivity (Wildman–Crippen MR) is 110 cm³/mol. The van der Waals surface area contributed by atoms with Crippen LogP contribution in [0.2, 0.25) is 0 Å². The molecule has 0 unspecified atom stereocenters. The van der Waals surface area contributed by atoms with Crippen LogP contribution in [-0.2, 0) is 0 Å². The lowest BCUT2D eigenvalue weighted by Crippen LogP contribution is -2.38. The Morgan fingerprint density at radius 2 is 2.04 bits per heavy atom. The molecule has 4 nitrogen and oxygen atoms in total. The van der Waals surface area contributed by atoms with Crippen LogP contribution >= 0.6 is 11.3 Å². The lowest BCUT2D eigenvalue weighted by atomic mass is 10.1. The smallest absolute Gasteiger partial charge is 0.287 e. The van der Waals surface area contributed by atoms with Crippen molar-refractivity contribution in [2.24, 2.45) is 0 Å². The third-order valence-corrected chi connectivity index (χ3v) is 6.49. The van der Waals surface area contributed by atoms with Crippen molar-refractivity contribution >= 4 is 28.2 Å². The molecule has 0 aliphatic carbocycles. The van der Waals surface area contributed by atoms with Crippen LogP contribution in [0.4, 0.5) is 4.39 Å². The summed E-state index contributed by atoms with van der Waals surface area (Å²) >= 11 is 1.73. The number of fused-ring (bicyclic) bond motifs is 1. The van der Waals surface area contributed by atoms with E-state index >= 15 is 0 Å². The van der Waals surface area contributed by atoms with E-state index in [4.69, 9.17) is 4.42 Å². The van der Waals surface area contributed by atoms with Crippen LogP contribution < -0.4 is 5.32 Å². The minimum atomic E-state index is -0.331. The molecule has 148 valence electrons. The van der Waals surface area contributed by atoms with Crippen LogP contribution in [0.3, 0.4) is 0 Å². The first-order chi connectivity index (χ1) is 13.6. The maximum Gasteiger partial charge on any atom is 0.287 e. The summed E-state index contributed by atoms with van der Waals surface area (Å²) in [5, 5.41) is 5.79. The quantitative estimate of drug-likeness (QED) is 0.633. The van der Waals surface area contributed by atoms with Gasteiger partial charge in [-0.05, 0) is 62.5 Å². The van der Waals surface area contributed by atoms with Gasteiger partial charge in [-0.25, -0.2) is 4.39 Å². The average molecular weight is 401 g/mol. The Hall–Kier alpha value is -2.18. The molecule has 1 fully saturated rings. The zero-order valence-electron chi connectivity index (χ0n) is 16.0. The van der Waals surface area contributed by atoms with E-state index in [1.807, 2.05) is 0 Å². The summed E-state index contributed by atoms with van der Waals surface area (Å²) < 4.78 is 19.2. The number of aryl methyl sites for hydroxylation is 1. The maximum absolute atomic E-state index is 13.5.